The van der Waals surface area contributed by atoms with Crippen LogP contribution in [-0.4, -0.2) is 25.9 Å². The summed E-state index contributed by atoms with van der Waals surface area (Å²) in [6, 6.07) is 8.33. The van der Waals surface area contributed by atoms with Gasteiger partial charge in [0.25, 0.3) is 20.2 Å². The molecule has 0 unspecified atom stereocenters. The van der Waals surface area contributed by atoms with Crippen molar-refractivity contribution in [3.05, 3.63) is 47.5 Å². The average molecular weight is 326 g/mol. The van der Waals surface area contributed by atoms with E-state index in [0.717, 1.165) is 11.1 Å². The van der Waals surface area contributed by atoms with Crippen molar-refractivity contribution < 1.29 is 25.9 Å². The topological polar surface area (TPSA) is 109 Å². The Bertz CT molecular complexity index is 879. The Labute approximate surface area is 121 Å². The molecule has 0 saturated carbocycles. The average Bonchev–Trinajstić information content (AvgIpc) is 2.73. The summed E-state index contributed by atoms with van der Waals surface area (Å²) in [5.74, 6) is 0. The standard InChI is InChI=1S/C13H10O6S2/c14-20(15,16)10-3-1-8-5-9-2-4-11(21(17,18)19)7-13(9)12(8)6-10/h1-4,6-7H,5H2,(H,14,15,16)(H,17,18,19). The van der Waals surface area contributed by atoms with Gasteiger partial charge in [0.05, 0.1) is 9.79 Å². The van der Waals surface area contributed by atoms with E-state index >= 15 is 0 Å². The molecule has 110 valence electrons. The number of hydrogen-bond donors (Lipinski definition) is 2. The first kappa shape index (κ1) is 14.2. The molecule has 0 atom stereocenters. The van der Waals surface area contributed by atoms with E-state index in [1.807, 2.05) is 0 Å². The number of hydrogen-bond acceptors (Lipinski definition) is 4. The minimum absolute atomic E-state index is 0.258. The first-order chi connectivity index (χ1) is 9.66. The SMILES string of the molecule is O=S(=O)(O)c1ccc2c(c1)-c1cc(S(=O)(=O)O)ccc1C2. The maximum atomic E-state index is 11.2. The van der Waals surface area contributed by atoms with Gasteiger partial charge < -0.3 is 0 Å². The fourth-order valence-electron chi connectivity index (χ4n) is 2.45. The van der Waals surface area contributed by atoms with Crippen molar-refractivity contribution in [1.29, 1.82) is 0 Å². The molecule has 0 radical (unpaired) electrons. The zero-order valence-corrected chi connectivity index (χ0v) is 12.1. The summed E-state index contributed by atoms with van der Waals surface area (Å²) in [7, 11) is -8.67. The molecule has 3 rings (SSSR count). The zero-order valence-electron chi connectivity index (χ0n) is 10.5. The smallest absolute Gasteiger partial charge is 0.282 e. The maximum Gasteiger partial charge on any atom is 0.294 e. The summed E-state index contributed by atoms with van der Waals surface area (Å²) in [6.45, 7) is 0. The summed E-state index contributed by atoms with van der Waals surface area (Å²) >= 11 is 0. The van der Waals surface area contributed by atoms with Gasteiger partial charge in [-0.05, 0) is 52.9 Å². The maximum absolute atomic E-state index is 11.2. The molecular weight excluding hydrogens is 316 g/mol. The Morgan fingerprint density at radius 1 is 0.714 bits per heavy atom. The van der Waals surface area contributed by atoms with E-state index in [9.17, 15) is 16.8 Å². The van der Waals surface area contributed by atoms with E-state index < -0.39 is 20.2 Å². The van der Waals surface area contributed by atoms with Gasteiger partial charge in [-0.3, -0.25) is 9.11 Å². The van der Waals surface area contributed by atoms with Crippen molar-refractivity contribution in [3.8, 4) is 11.1 Å². The lowest BCUT2D eigenvalue weighted by molar-refractivity contribution is 0.481. The molecule has 6 nitrogen and oxygen atoms in total. The molecule has 0 aliphatic heterocycles. The van der Waals surface area contributed by atoms with E-state index in [0.29, 0.717) is 17.5 Å². The van der Waals surface area contributed by atoms with Gasteiger partial charge in [0.15, 0.2) is 0 Å². The van der Waals surface area contributed by atoms with Crippen LogP contribution >= 0.6 is 0 Å². The van der Waals surface area contributed by atoms with Gasteiger partial charge in [-0.2, -0.15) is 16.8 Å². The zero-order chi connectivity index (χ0) is 15.4. The van der Waals surface area contributed by atoms with Crippen LogP contribution < -0.4 is 0 Å². The Morgan fingerprint density at radius 3 is 1.43 bits per heavy atom. The molecule has 0 amide bonds. The monoisotopic (exact) mass is 326 g/mol. The summed E-state index contributed by atoms with van der Waals surface area (Å²) in [6.07, 6.45) is 0.530. The van der Waals surface area contributed by atoms with Gasteiger partial charge in [-0.1, -0.05) is 12.1 Å². The van der Waals surface area contributed by atoms with Gasteiger partial charge in [-0.15, -0.1) is 0 Å². The van der Waals surface area contributed by atoms with Crippen molar-refractivity contribution >= 4 is 20.2 Å². The van der Waals surface area contributed by atoms with Crippen molar-refractivity contribution in [1.82, 2.24) is 0 Å². The van der Waals surface area contributed by atoms with Crippen molar-refractivity contribution in [2.45, 2.75) is 16.2 Å². The third kappa shape index (κ3) is 2.46. The highest BCUT2D eigenvalue weighted by Crippen LogP contribution is 2.38. The lowest BCUT2D eigenvalue weighted by Crippen LogP contribution is -1.99. The number of fused-ring (bicyclic) bond motifs is 3. The van der Waals surface area contributed by atoms with Gasteiger partial charge in [0, 0.05) is 0 Å². The van der Waals surface area contributed by atoms with Gasteiger partial charge in [0.2, 0.25) is 0 Å². The number of benzene rings is 2. The molecule has 2 aromatic rings. The first-order valence-electron chi connectivity index (χ1n) is 5.87. The van der Waals surface area contributed by atoms with E-state index in [2.05, 4.69) is 0 Å². The second-order valence-electron chi connectivity index (χ2n) is 4.76. The molecule has 0 bridgehead atoms. The summed E-state index contributed by atoms with van der Waals surface area (Å²) in [5.41, 5.74) is 2.71. The Balaban J connectivity index is 2.24. The fraction of sp³-hybridized carbons (Fsp3) is 0.0769. The van der Waals surface area contributed by atoms with Crippen LogP contribution in [0.2, 0.25) is 0 Å². The van der Waals surface area contributed by atoms with Crippen LogP contribution in [0.5, 0.6) is 0 Å². The Morgan fingerprint density at radius 2 is 1.10 bits per heavy atom. The third-order valence-corrected chi connectivity index (χ3v) is 5.13. The van der Waals surface area contributed by atoms with Crippen LogP contribution in [0.4, 0.5) is 0 Å². The predicted octanol–water partition coefficient (Wildman–Crippen LogP) is 1.75. The van der Waals surface area contributed by atoms with Crippen molar-refractivity contribution in [2.75, 3.05) is 0 Å². The third-order valence-electron chi connectivity index (χ3n) is 3.43. The van der Waals surface area contributed by atoms with Crippen molar-refractivity contribution in [3.63, 3.8) is 0 Å². The first-order valence-corrected chi connectivity index (χ1v) is 8.75. The molecule has 21 heavy (non-hydrogen) atoms. The molecule has 1 aliphatic rings. The predicted molar refractivity (Wildman–Crippen MR) is 74.3 cm³/mol. The van der Waals surface area contributed by atoms with Crippen LogP contribution in [0.25, 0.3) is 11.1 Å². The molecule has 2 aromatic carbocycles. The molecular formula is C13H10O6S2. The molecule has 0 heterocycles. The second kappa shape index (κ2) is 4.38. The van der Waals surface area contributed by atoms with Crippen LogP contribution in [0.1, 0.15) is 11.1 Å². The molecule has 1 aliphatic carbocycles. The lowest BCUT2D eigenvalue weighted by Gasteiger charge is -2.05. The largest absolute Gasteiger partial charge is 0.294 e. The minimum Gasteiger partial charge on any atom is -0.282 e. The van der Waals surface area contributed by atoms with Gasteiger partial charge in [-0.25, -0.2) is 0 Å². The number of rotatable bonds is 2. The summed E-state index contributed by atoms with van der Waals surface area (Å²) < 4.78 is 62.9. The molecule has 8 heteroatoms. The molecule has 0 saturated heterocycles. The molecule has 0 aromatic heterocycles. The van der Waals surface area contributed by atoms with Crippen LogP contribution in [0.15, 0.2) is 46.2 Å². The highest BCUT2D eigenvalue weighted by Gasteiger charge is 2.23. The molecule has 0 spiro atoms. The lowest BCUT2D eigenvalue weighted by atomic mass is 10.1. The van der Waals surface area contributed by atoms with Crippen LogP contribution in [0, 0.1) is 0 Å². The highest BCUT2D eigenvalue weighted by atomic mass is 32.2. The van der Waals surface area contributed by atoms with E-state index in [4.69, 9.17) is 9.11 Å². The Kier molecular flexibility index (Phi) is 2.96. The Hall–Kier alpha value is -1.74. The van der Waals surface area contributed by atoms with Crippen LogP contribution in [-0.2, 0) is 26.7 Å². The fourth-order valence-corrected chi connectivity index (χ4v) is 3.46. The highest BCUT2D eigenvalue weighted by molar-refractivity contribution is 7.86. The quantitative estimate of drug-likeness (QED) is 0.695. The van der Waals surface area contributed by atoms with E-state index in [1.165, 1.54) is 24.3 Å². The second-order valence-corrected chi connectivity index (χ2v) is 7.61. The minimum atomic E-state index is -4.33. The van der Waals surface area contributed by atoms with Gasteiger partial charge in [0.1, 0.15) is 0 Å². The molecule has 0 fully saturated rings. The normalized spacial score (nSPS) is 13.8. The summed E-state index contributed by atoms with van der Waals surface area (Å²) in [4.78, 5) is -0.516. The van der Waals surface area contributed by atoms with Gasteiger partial charge >= 0.3 is 0 Å². The van der Waals surface area contributed by atoms with Crippen molar-refractivity contribution in [2.24, 2.45) is 0 Å². The summed E-state index contributed by atoms with van der Waals surface area (Å²) in [5, 5.41) is 0. The van der Waals surface area contributed by atoms with Crippen LogP contribution in [0.3, 0.4) is 0 Å². The van der Waals surface area contributed by atoms with E-state index in [1.54, 1.807) is 12.1 Å². The molecule has 2 N–H and O–H groups in total. The van der Waals surface area contributed by atoms with E-state index in [-0.39, 0.29) is 9.79 Å².